The maximum absolute atomic E-state index is 13.1. The van der Waals surface area contributed by atoms with Gasteiger partial charge >= 0.3 is 0 Å². The fourth-order valence-electron chi connectivity index (χ4n) is 2.29. The molecule has 2 aromatic rings. The second-order valence-corrected chi connectivity index (χ2v) is 4.61. The van der Waals surface area contributed by atoms with Gasteiger partial charge < -0.3 is 5.11 Å². The summed E-state index contributed by atoms with van der Waals surface area (Å²) in [6.07, 6.45) is -0.765. The molecule has 0 saturated carbocycles. The number of benzene rings is 1. The van der Waals surface area contributed by atoms with Gasteiger partial charge in [-0.15, -0.1) is 0 Å². The summed E-state index contributed by atoms with van der Waals surface area (Å²) in [6, 6.07) is 4.42. The highest BCUT2D eigenvalue weighted by atomic mass is 19.1. The molecular weight excluding hydrogens is 231 g/mol. The summed E-state index contributed by atoms with van der Waals surface area (Å²) in [5.74, 6) is -0.289. The standard InChI is InChI=1S/C14H17FN2O/c1-8-7-11(15)5-6-12(8)14(18)13-9(2)16-17(4)10(13)3/h5-7,14,18H,1-4H3. The van der Waals surface area contributed by atoms with Crippen LogP contribution in [-0.4, -0.2) is 14.9 Å². The molecule has 1 atom stereocenters. The maximum atomic E-state index is 13.1. The van der Waals surface area contributed by atoms with Crippen LogP contribution in [0.15, 0.2) is 18.2 Å². The molecular formula is C14H17FN2O. The van der Waals surface area contributed by atoms with Gasteiger partial charge in [0.15, 0.2) is 0 Å². The lowest BCUT2D eigenvalue weighted by Gasteiger charge is -2.14. The molecule has 0 fully saturated rings. The number of hydrogen-bond donors (Lipinski definition) is 1. The highest BCUT2D eigenvalue weighted by Crippen LogP contribution is 2.29. The summed E-state index contributed by atoms with van der Waals surface area (Å²) in [7, 11) is 1.84. The lowest BCUT2D eigenvalue weighted by molar-refractivity contribution is 0.218. The summed E-state index contributed by atoms with van der Waals surface area (Å²) >= 11 is 0. The van der Waals surface area contributed by atoms with Gasteiger partial charge in [0.2, 0.25) is 0 Å². The summed E-state index contributed by atoms with van der Waals surface area (Å²) in [6.45, 7) is 5.57. The van der Waals surface area contributed by atoms with E-state index in [0.29, 0.717) is 0 Å². The third-order valence-corrected chi connectivity index (χ3v) is 3.36. The third-order valence-electron chi connectivity index (χ3n) is 3.36. The molecule has 2 rings (SSSR count). The van der Waals surface area contributed by atoms with Gasteiger partial charge in [-0.1, -0.05) is 6.07 Å². The first-order valence-electron chi connectivity index (χ1n) is 5.86. The molecule has 1 aromatic carbocycles. The zero-order valence-corrected chi connectivity index (χ0v) is 11.0. The molecule has 0 amide bonds. The van der Waals surface area contributed by atoms with Crippen LogP contribution in [0, 0.1) is 26.6 Å². The predicted octanol–water partition coefficient (Wildman–Crippen LogP) is 2.57. The van der Waals surface area contributed by atoms with E-state index in [-0.39, 0.29) is 5.82 Å². The van der Waals surface area contributed by atoms with Gasteiger partial charge in [0.05, 0.1) is 5.69 Å². The number of rotatable bonds is 2. The average Bonchev–Trinajstić information content (AvgIpc) is 2.52. The van der Waals surface area contributed by atoms with E-state index in [1.54, 1.807) is 17.7 Å². The molecule has 3 nitrogen and oxygen atoms in total. The van der Waals surface area contributed by atoms with Gasteiger partial charge in [-0.3, -0.25) is 4.68 Å². The number of nitrogens with zero attached hydrogens (tertiary/aromatic N) is 2. The molecule has 18 heavy (non-hydrogen) atoms. The SMILES string of the molecule is Cc1cc(F)ccc1C(O)c1c(C)nn(C)c1C. The van der Waals surface area contributed by atoms with Crippen LogP contribution in [0.25, 0.3) is 0 Å². The monoisotopic (exact) mass is 248 g/mol. The van der Waals surface area contributed by atoms with Crippen LogP contribution in [0.5, 0.6) is 0 Å². The zero-order chi connectivity index (χ0) is 13.4. The van der Waals surface area contributed by atoms with Crippen molar-refractivity contribution in [1.82, 2.24) is 9.78 Å². The lowest BCUT2D eigenvalue weighted by atomic mass is 9.96. The number of aliphatic hydroxyl groups excluding tert-OH is 1. The summed E-state index contributed by atoms with van der Waals surface area (Å²) in [4.78, 5) is 0. The third kappa shape index (κ3) is 2.04. The number of aliphatic hydroxyl groups is 1. The van der Waals surface area contributed by atoms with Gasteiger partial charge in [-0.2, -0.15) is 5.10 Å². The van der Waals surface area contributed by atoms with E-state index in [4.69, 9.17) is 0 Å². The highest BCUT2D eigenvalue weighted by molar-refractivity contribution is 5.39. The van der Waals surface area contributed by atoms with Gasteiger partial charge in [-0.05, 0) is 44.0 Å². The van der Waals surface area contributed by atoms with Crippen molar-refractivity contribution in [2.75, 3.05) is 0 Å². The minimum Gasteiger partial charge on any atom is -0.384 e. The Hall–Kier alpha value is -1.68. The van der Waals surface area contributed by atoms with Crippen molar-refractivity contribution in [2.24, 2.45) is 7.05 Å². The second-order valence-electron chi connectivity index (χ2n) is 4.61. The first-order valence-corrected chi connectivity index (χ1v) is 5.86. The minimum atomic E-state index is -0.765. The van der Waals surface area contributed by atoms with Crippen molar-refractivity contribution in [3.05, 3.63) is 52.1 Å². The number of hydrogen-bond acceptors (Lipinski definition) is 2. The Balaban J connectivity index is 2.51. The molecule has 0 radical (unpaired) electrons. The van der Waals surface area contributed by atoms with Crippen LogP contribution < -0.4 is 0 Å². The van der Waals surface area contributed by atoms with Crippen LogP contribution >= 0.6 is 0 Å². The molecule has 1 N–H and O–H groups in total. The van der Waals surface area contributed by atoms with Gasteiger partial charge in [-0.25, -0.2) is 4.39 Å². The number of aryl methyl sites for hydroxylation is 3. The molecule has 0 spiro atoms. The average molecular weight is 248 g/mol. The lowest BCUT2D eigenvalue weighted by Crippen LogP contribution is -2.05. The molecule has 4 heteroatoms. The van der Waals surface area contributed by atoms with Crippen molar-refractivity contribution in [3.8, 4) is 0 Å². The van der Waals surface area contributed by atoms with E-state index < -0.39 is 6.10 Å². The molecule has 0 aliphatic carbocycles. The first-order chi connectivity index (χ1) is 8.41. The Morgan fingerprint density at radius 1 is 1.28 bits per heavy atom. The normalized spacial score (nSPS) is 12.8. The maximum Gasteiger partial charge on any atom is 0.123 e. The van der Waals surface area contributed by atoms with Crippen molar-refractivity contribution >= 4 is 0 Å². The topological polar surface area (TPSA) is 38.1 Å². The van der Waals surface area contributed by atoms with Crippen LogP contribution in [0.3, 0.4) is 0 Å². The van der Waals surface area contributed by atoms with Crippen molar-refractivity contribution in [2.45, 2.75) is 26.9 Å². The van der Waals surface area contributed by atoms with Crippen molar-refractivity contribution in [3.63, 3.8) is 0 Å². The molecule has 1 aromatic heterocycles. The van der Waals surface area contributed by atoms with Crippen LogP contribution in [-0.2, 0) is 7.05 Å². The van der Waals surface area contributed by atoms with Gasteiger partial charge in [0.1, 0.15) is 11.9 Å². The minimum absolute atomic E-state index is 0.289. The van der Waals surface area contributed by atoms with E-state index in [1.165, 1.54) is 12.1 Å². The Morgan fingerprint density at radius 2 is 1.94 bits per heavy atom. The van der Waals surface area contributed by atoms with E-state index >= 15 is 0 Å². The van der Waals surface area contributed by atoms with Crippen LogP contribution in [0.4, 0.5) is 4.39 Å². The number of aromatic nitrogens is 2. The van der Waals surface area contributed by atoms with Crippen molar-refractivity contribution < 1.29 is 9.50 Å². The molecule has 96 valence electrons. The fraction of sp³-hybridized carbons (Fsp3) is 0.357. The molecule has 0 saturated heterocycles. The first kappa shape index (κ1) is 12.8. The Bertz CT molecular complexity index is 590. The molecule has 1 heterocycles. The zero-order valence-electron chi connectivity index (χ0n) is 11.0. The summed E-state index contributed by atoms with van der Waals surface area (Å²) in [5, 5.41) is 14.7. The molecule has 1 unspecified atom stereocenters. The van der Waals surface area contributed by atoms with Crippen LogP contribution in [0.1, 0.15) is 34.2 Å². The summed E-state index contributed by atoms with van der Waals surface area (Å²) in [5.41, 5.74) is 3.97. The van der Waals surface area contributed by atoms with E-state index in [0.717, 1.165) is 28.1 Å². The van der Waals surface area contributed by atoms with Crippen molar-refractivity contribution in [1.29, 1.82) is 0 Å². The predicted molar refractivity (Wildman–Crippen MR) is 67.9 cm³/mol. The number of halogens is 1. The quantitative estimate of drug-likeness (QED) is 0.887. The van der Waals surface area contributed by atoms with Crippen LogP contribution in [0.2, 0.25) is 0 Å². The Morgan fingerprint density at radius 3 is 2.44 bits per heavy atom. The largest absolute Gasteiger partial charge is 0.384 e. The van der Waals surface area contributed by atoms with E-state index in [2.05, 4.69) is 5.10 Å². The molecule has 0 aliphatic rings. The Labute approximate surface area is 106 Å². The van der Waals surface area contributed by atoms with E-state index in [9.17, 15) is 9.50 Å². The van der Waals surface area contributed by atoms with Gasteiger partial charge in [0, 0.05) is 18.3 Å². The fourth-order valence-corrected chi connectivity index (χ4v) is 2.29. The molecule has 0 aliphatic heterocycles. The highest BCUT2D eigenvalue weighted by Gasteiger charge is 2.21. The second kappa shape index (κ2) is 4.53. The van der Waals surface area contributed by atoms with E-state index in [1.807, 2.05) is 20.9 Å². The Kier molecular flexibility index (Phi) is 3.22. The smallest absolute Gasteiger partial charge is 0.123 e. The summed E-state index contributed by atoms with van der Waals surface area (Å²) < 4.78 is 14.8. The molecule has 0 bridgehead atoms. The van der Waals surface area contributed by atoms with Gasteiger partial charge in [0.25, 0.3) is 0 Å².